The Kier molecular flexibility index (Phi) is 12.7. The van der Waals surface area contributed by atoms with Gasteiger partial charge in [0.15, 0.2) is 0 Å². The van der Waals surface area contributed by atoms with Crippen LogP contribution in [0.1, 0.15) is 39.5 Å². The van der Waals surface area contributed by atoms with Gasteiger partial charge in [0.25, 0.3) is 0 Å². The van der Waals surface area contributed by atoms with Gasteiger partial charge in [0.1, 0.15) is 0 Å². The molecule has 31 heavy (non-hydrogen) atoms. The summed E-state index contributed by atoms with van der Waals surface area (Å²) in [5.41, 5.74) is 2.42. The predicted octanol–water partition coefficient (Wildman–Crippen LogP) is 9.28. The Labute approximate surface area is 208 Å². The van der Waals surface area contributed by atoms with Crippen LogP contribution in [0.2, 0.25) is 5.02 Å². The van der Waals surface area contributed by atoms with E-state index in [0.717, 1.165) is 34.4 Å². The van der Waals surface area contributed by atoms with Crippen molar-refractivity contribution in [2.45, 2.75) is 39.5 Å². The molecule has 0 atom stereocenters. The summed E-state index contributed by atoms with van der Waals surface area (Å²) >= 11 is 6.15. The number of hydrogen-bond donors (Lipinski definition) is 0. The zero-order valence-corrected chi connectivity index (χ0v) is 21.2. The fraction of sp³-hybridized carbons (Fsp3) is 0.250. The third kappa shape index (κ3) is 7.17. The van der Waals surface area contributed by atoms with E-state index in [1.807, 2.05) is 24.3 Å². The molecule has 0 aliphatic heterocycles. The predicted molar refractivity (Wildman–Crippen MR) is 135 cm³/mol. The number of methoxy groups -OCH3 is 1. The maximum absolute atomic E-state index is 6.15. The van der Waals surface area contributed by atoms with Gasteiger partial charge in [-0.1, -0.05) is 103 Å². The third-order valence-electron chi connectivity index (χ3n) is 4.80. The van der Waals surface area contributed by atoms with Gasteiger partial charge in [-0.2, -0.15) is 12.8 Å². The molecule has 4 aromatic rings. The second-order valence-electron chi connectivity index (χ2n) is 7.05. The Morgan fingerprint density at radius 1 is 0.903 bits per heavy atom. The first-order valence-corrected chi connectivity index (χ1v) is 11.0. The number of fused-ring (bicyclic) bond motifs is 3. The first-order chi connectivity index (χ1) is 14.6. The van der Waals surface area contributed by atoms with Gasteiger partial charge >= 0.3 is 21.7 Å². The summed E-state index contributed by atoms with van der Waals surface area (Å²) in [5, 5.41) is 5.42. The van der Waals surface area contributed by atoms with E-state index in [2.05, 4.69) is 70.2 Å². The molecule has 0 aliphatic rings. The molecule has 1 nitrogen and oxygen atoms in total. The Morgan fingerprint density at radius 2 is 1.52 bits per heavy atom. The van der Waals surface area contributed by atoms with Gasteiger partial charge < -0.3 is 18.6 Å². The van der Waals surface area contributed by atoms with Crippen molar-refractivity contribution >= 4 is 33.1 Å². The first-order valence-electron chi connectivity index (χ1n) is 10.6. The molecule has 4 rings (SSSR count). The topological polar surface area (TPSA) is 9.23 Å². The van der Waals surface area contributed by atoms with E-state index in [4.69, 9.17) is 16.3 Å². The van der Waals surface area contributed by atoms with Crippen molar-refractivity contribution in [3.05, 3.63) is 85.6 Å². The van der Waals surface area contributed by atoms with E-state index in [9.17, 15) is 0 Å². The molecule has 0 bridgehead atoms. The molecule has 0 aliphatic carbocycles. The van der Waals surface area contributed by atoms with Crippen LogP contribution in [0.3, 0.4) is 0 Å². The minimum atomic E-state index is 0. The summed E-state index contributed by atoms with van der Waals surface area (Å²) in [7, 11) is 1.71. The van der Waals surface area contributed by atoms with Gasteiger partial charge in [-0.05, 0) is 6.07 Å². The monoisotopic (exact) mass is 467 g/mol. The molecule has 161 valence electrons. The van der Waals surface area contributed by atoms with Crippen molar-refractivity contribution in [1.29, 1.82) is 0 Å². The molecule has 0 saturated heterocycles. The fourth-order valence-corrected chi connectivity index (χ4v) is 3.28. The van der Waals surface area contributed by atoms with Crippen molar-refractivity contribution in [1.82, 2.24) is 0 Å². The minimum absolute atomic E-state index is 0. The Morgan fingerprint density at radius 3 is 2.06 bits per heavy atom. The normalized spacial score (nSPS) is 9.87. The summed E-state index contributed by atoms with van der Waals surface area (Å²) in [5.74, 6) is 0.895. The maximum Gasteiger partial charge on any atom is 3.00 e. The standard InChI is InChI=1S/C20H14ClO.2C4H9.Ti/c1-22-19-10-9-16(13-5-3-2-4-6-13)18-12-14-11-15(21)7-8-17(14)20(18)19;2*1-3-4-2;/h2-12H,1H3;2*1,3-4H2,2H3;/q3*-1;+3. The van der Waals surface area contributed by atoms with Crippen molar-refractivity contribution in [3.8, 4) is 16.9 Å². The van der Waals surface area contributed by atoms with Crippen molar-refractivity contribution < 1.29 is 26.5 Å². The number of halogens is 1. The van der Waals surface area contributed by atoms with Crippen LogP contribution in [0.15, 0.2) is 66.7 Å². The fourth-order valence-electron chi connectivity index (χ4n) is 3.10. The second-order valence-corrected chi connectivity index (χ2v) is 7.49. The zero-order valence-electron chi connectivity index (χ0n) is 18.9. The van der Waals surface area contributed by atoms with Crippen LogP contribution < -0.4 is 4.74 Å². The van der Waals surface area contributed by atoms with E-state index >= 15 is 0 Å². The van der Waals surface area contributed by atoms with Gasteiger partial charge in [0.2, 0.25) is 0 Å². The van der Waals surface area contributed by atoms with E-state index in [1.54, 1.807) is 7.11 Å². The molecule has 0 heterocycles. The van der Waals surface area contributed by atoms with Crippen LogP contribution in [0.25, 0.3) is 32.7 Å². The van der Waals surface area contributed by atoms with E-state index in [0.29, 0.717) is 0 Å². The van der Waals surface area contributed by atoms with E-state index in [-0.39, 0.29) is 21.7 Å². The van der Waals surface area contributed by atoms with Crippen molar-refractivity contribution in [2.24, 2.45) is 0 Å². The number of rotatable bonds is 4. The molecular formula is C28H32ClOTi. The smallest absolute Gasteiger partial charge is 0.505 e. The van der Waals surface area contributed by atoms with E-state index in [1.165, 1.54) is 34.7 Å². The minimum Gasteiger partial charge on any atom is -0.505 e. The molecular weight excluding hydrogens is 436 g/mol. The summed E-state index contributed by atoms with van der Waals surface area (Å²) < 4.78 is 5.58. The first kappa shape index (κ1) is 27.4. The van der Waals surface area contributed by atoms with Gasteiger partial charge in [0.05, 0.1) is 12.9 Å². The molecule has 0 saturated carbocycles. The van der Waals surface area contributed by atoms with Gasteiger partial charge in [-0.3, -0.25) is 0 Å². The molecule has 0 fully saturated rings. The van der Waals surface area contributed by atoms with Crippen molar-refractivity contribution in [2.75, 3.05) is 7.11 Å². The average Bonchev–Trinajstić information content (AvgIpc) is 3.17. The van der Waals surface area contributed by atoms with Crippen LogP contribution in [0, 0.1) is 13.8 Å². The molecule has 0 N–H and O–H groups in total. The second kappa shape index (κ2) is 14.4. The molecule has 4 aromatic carbocycles. The Hall–Kier alpha value is -1.67. The molecule has 1 radical (unpaired) electrons. The van der Waals surface area contributed by atoms with Gasteiger partial charge in [-0.25, -0.2) is 0 Å². The SMILES string of the molecule is COc1ccc(-c2ccccc2)c2[cH-]c3cc(Cl)ccc3c12.[CH2-]CCC.[CH2-]CCC.[Ti+3]. The van der Waals surface area contributed by atoms with Crippen LogP contribution in [-0.2, 0) is 21.7 Å². The zero-order chi connectivity index (χ0) is 21.9. The maximum atomic E-state index is 6.15. The molecule has 0 amide bonds. The average molecular weight is 468 g/mol. The van der Waals surface area contributed by atoms with Crippen LogP contribution >= 0.6 is 11.6 Å². The summed E-state index contributed by atoms with van der Waals surface area (Å²) in [6.45, 7) is 11.4. The quantitative estimate of drug-likeness (QED) is 0.214. The van der Waals surface area contributed by atoms with Gasteiger partial charge in [-0.15, -0.1) is 28.3 Å². The van der Waals surface area contributed by atoms with Crippen LogP contribution in [-0.4, -0.2) is 7.11 Å². The molecule has 0 aromatic heterocycles. The van der Waals surface area contributed by atoms with Crippen LogP contribution in [0.4, 0.5) is 0 Å². The number of benzene rings is 3. The number of hydrogen-bond acceptors (Lipinski definition) is 1. The molecule has 0 spiro atoms. The van der Waals surface area contributed by atoms with Crippen molar-refractivity contribution in [3.63, 3.8) is 0 Å². The third-order valence-corrected chi connectivity index (χ3v) is 5.04. The van der Waals surface area contributed by atoms with Crippen LogP contribution in [0.5, 0.6) is 5.75 Å². The van der Waals surface area contributed by atoms with Gasteiger partial charge in [0, 0.05) is 5.02 Å². The molecule has 0 unspecified atom stereocenters. The summed E-state index contributed by atoms with van der Waals surface area (Å²) in [4.78, 5) is 0. The summed E-state index contributed by atoms with van der Waals surface area (Å²) in [6.07, 6.45) is 4.56. The number of ether oxygens (including phenoxy) is 1. The van der Waals surface area contributed by atoms with E-state index < -0.39 is 0 Å². The number of unbranched alkanes of at least 4 members (excludes halogenated alkanes) is 2. The molecule has 3 heteroatoms. The Balaban J connectivity index is 0.000000465. The summed E-state index contributed by atoms with van der Waals surface area (Å²) in [6, 6.07) is 22.8. The Bertz CT molecular complexity index is 1030. The largest absolute Gasteiger partial charge is 3.00 e.